The number of thiocarbonyl (C=S) groups is 1. The Hall–Kier alpha value is -2.91. The number of amides is 3. The van der Waals surface area contributed by atoms with Crippen LogP contribution in [0, 0.1) is 5.92 Å². The molecule has 1 fully saturated rings. The van der Waals surface area contributed by atoms with Crippen molar-refractivity contribution >= 4 is 62.9 Å². The number of halogens is 1. The van der Waals surface area contributed by atoms with E-state index in [9.17, 15) is 14.4 Å². The van der Waals surface area contributed by atoms with Gasteiger partial charge in [0.1, 0.15) is 0 Å². The van der Waals surface area contributed by atoms with Gasteiger partial charge in [0.15, 0.2) is 11.0 Å². The van der Waals surface area contributed by atoms with E-state index in [4.69, 9.17) is 12.2 Å². The van der Waals surface area contributed by atoms with Crippen molar-refractivity contribution in [3.05, 3.63) is 64.6 Å². The number of nitrogens with zero attached hydrogens (tertiary/aromatic N) is 2. The van der Waals surface area contributed by atoms with E-state index in [0.717, 1.165) is 10.7 Å². The lowest BCUT2D eigenvalue weighted by Crippen LogP contribution is -2.58. The molecule has 0 aliphatic carbocycles. The fourth-order valence-electron chi connectivity index (χ4n) is 2.38. The van der Waals surface area contributed by atoms with Crippen LogP contribution < -0.4 is 15.6 Å². The zero-order chi connectivity index (χ0) is 19.4. The quantitative estimate of drug-likeness (QED) is 0.327. The van der Waals surface area contributed by atoms with Gasteiger partial charge < -0.3 is 5.32 Å². The lowest BCUT2D eigenvalue weighted by Gasteiger charge is -2.30. The van der Waals surface area contributed by atoms with Crippen LogP contribution in [-0.2, 0) is 9.59 Å². The molecular weight excluding hydrogens is 432 g/mol. The Bertz CT molecular complexity index is 931. The molecule has 1 atom stereocenters. The second-order valence-electron chi connectivity index (χ2n) is 5.51. The van der Waals surface area contributed by atoms with Gasteiger partial charge >= 0.3 is 0 Å². The minimum atomic E-state index is -1.21. The molecule has 1 heterocycles. The average molecular weight is 445 g/mol. The number of anilines is 1. The fraction of sp³-hybridized carbons (Fsp3) is 0.0556. The Kier molecular flexibility index (Phi) is 5.72. The van der Waals surface area contributed by atoms with Crippen LogP contribution in [0.15, 0.2) is 64.2 Å². The van der Waals surface area contributed by atoms with Crippen molar-refractivity contribution in [3.8, 4) is 0 Å². The number of rotatable bonds is 4. The summed E-state index contributed by atoms with van der Waals surface area (Å²) < 4.78 is 0.840. The summed E-state index contributed by atoms with van der Waals surface area (Å²) in [5.41, 5.74) is 3.22. The first kappa shape index (κ1) is 18.9. The molecule has 136 valence electrons. The molecule has 1 aliphatic rings. The van der Waals surface area contributed by atoms with E-state index in [0.29, 0.717) is 11.3 Å². The molecule has 0 unspecified atom stereocenters. The van der Waals surface area contributed by atoms with Gasteiger partial charge in [0.05, 0.1) is 5.69 Å². The minimum Gasteiger partial charge on any atom is -0.301 e. The first-order chi connectivity index (χ1) is 13.0. The van der Waals surface area contributed by atoms with Gasteiger partial charge in [0, 0.05) is 16.3 Å². The van der Waals surface area contributed by atoms with Gasteiger partial charge in [-0.25, -0.2) is 5.43 Å². The highest BCUT2D eigenvalue weighted by atomic mass is 79.9. The molecule has 1 saturated heterocycles. The third-order valence-electron chi connectivity index (χ3n) is 3.71. The van der Waals surface area contributed by atoms with Crippen LogP contribution in [0.4, 0.5) is 5.69 Å². The Balaban J connectivity index is 1.75. The third-order valence-corrected chi connectivity index (χ3v) is 4.53. The normalized spacial score (nSPS) is 17.1. The minimum absolute atomic E-state index is 0.00899. The molecule has 0 spiro atoms. The molecule has 27 heavy (non-hydrogen) atoms. The van der Waals surface area contributed by atoms with Gasteiger partial charge in [0.25, 0.3) is 11.8 Å². The molecule has 1 aliphatic heterocycles. The van der Waals surface area contributed by atoms with Gasteiger partial charge in [-0.3, -0.25) is 19.3 Å². The van der Waals surface area contributed by atoms with Crippen LogP contribution in [0.1, 0.15) is 10.4 Å². The average Bonchev–Trinajstić information content (AvgIpc) is 2.66. The van der Waals surface area contributed by atoms with Crippen LogP contribution in [0.25, 0.3) is 0 Å². The number of hydrogen-bond acceptors (Lipinski definition) is 5. The van der Waals surface area contributed by atoms with Gasteiger partial charge in [-0.1, -0.05) is 34.1 Å². The second kappa shape index (κ2) is 8.19. The number of benzene rings is 2. The standard InChI is InChI=1S/C18H13BrN4O3S/c19-12-6-8-13(9-7-12)23-17(26)14(16(25)21-18(23)27)10-20-22-15(24)11-4-2-1-3-5-11/h1-10,14H,(H,22,24)(H,21,25,27)/b20-10-/t14-/m1/s1. The maximum Gasteiger partial charge on any atom is 0.271 e. The van der Waals surface area contributed by atoms with Crippen LogP contribution >= 0.6 is 28.1 Å². The number of carbonyl (C=O) groups excluding carboxylic acids is 3. The molecule has 2 N–H and O–H groups in total. The van der Waals surface area contributed by atoms with Crippen LogP contribution in [0.5, 0.6) is 0 Å². The zero-order valence-corrected chi connectivity index (χ0v) is 16.2. The summed E-state index contributed by atoms with van der Waals surface area (Å²) in [6, 6.07) is 15.4. The molecule has 2 aromatic rings. The van der Waals surface area contributed by atoms with E-state index in [-0.39, 0.29) is 5.11 Å². The lowest BCUT2D eigenvalue weighted by molar-refractivity contribution is -0.130. The number of nitrogens with one attached hydrogen (secondary N) is 2. The van der Waals surface area contributed by atoms with Gasteiger partial charge in [-0.15, -0.1) is 0 Å². The van der Waals surface area contributed by atoms with Crippen molar-refractivity contribution < 1.29 is 14.4 Å². The third kappa shape index (κ3) is 4.26. The molecule has 3 amide bonds. The first-order valence-electron chi connectivity index (χ1n) is 7.80. The van der Waals surface area contributed by atoms with E-state index < -0.39 is 23.6 Å². The van der Waals surface area contributed by atoms with Crippen molar-refractivity contribution in [1.82, 2.24) is 10.7 Å². The molecule has 0 radical (unpaired) electrons. The summed E-state index contributed by atoms with van der Waals surface area (Å²) in [6.45, 7) is 0. The maximum absolute atomic E-state index is 12.7. The highest BCUT2D eigenvalue weighted by molar-refractivity contribution is 9.10. The van der Waals surface area contributed by atoms with Gasteiger partial charge in [-0.05, 0) is 48.6 Å². The van der Waals surface area contributed by atoms with Crippen LogP contribution in [0.2, 0.25) is 0 Å². The van der Waals surface area contributed by atoms with Crippen molar-refractivity contribution in [2.24, 2.45) is 11.0 Å². The second-order valence-corrected chi connectivity index (χ2v) is 6.81. The summed E-state index contributed by atoms with van der Waals surface area (Å²) in [5, 5.41) is 6.22. The van der Waals surface area contributed by atoms with Crippen LogP contribution in [0.3, 0.4) is 0 Å². The topological polar surface area (TPSA) is 90.9 Å². The molecule has 7 nitrogen and oxygen atoms in total. The van der Waals surface area contributed by atoms with Gasteiger partial charge in [0.2, 0.25) is 5.91 Å². The van der Waals surface area contributed by atoms with Crippen molar-refractivity contribution in [3.63, 3.8) is 0 Å². The van der Waals surface area contributed by atoms with E-state index in [1.54, 1.807) is 54.6 Å². The zero-order valence-electron chi connectivity index (χ0n) is 13.8. The molecule has 0 aromatic heterocycles. The highest BCUT2D eigenvalue weighted by Gasteiger charge is 2.38. The summed E-state index contributed by atoms with van der Waals surface area (Å²) in [5.74, 6) is -2.81. The molecule has 3 rings (SSSR count). The number of carbonyl (C=O) groups is 3. The Labute approximate surface area is 168 Å². The largest absolute Gasteiger partial charge is 0.301 e. The van der Waals surface area contributed by atoms with Gasteiger partial charge in [-0.2, -0.15) is 5.10 Å². The van der Waals surface area contributed by atoms with Crippen molar-refractivity contribution in [2.75, 3.05) is 4.90 Å². The van der Waals surface area contributed by atoms with E-state index >= 15 is 0 Å². The maximum atomic E-state index is 12.7. The van der Waals surface area contributed by atoms with E-state index in [2.05, 4.69) is 31.8 Å². The molecule has 0 bridgehead atoms. The molecule has 9 heteroatoms. The predicted octanol–water partition coefficient (Wildman–Crippen LogP) is 2.23. The Morgan fingerprint density at radius 1 is 1.15 bits per heavy atom. The van der Waals surface area contributed by atoms with E-state index in [1.807, 2.05) is 0 Å². The molecular formula is C18H13BrN4O3S. The number of hydrogen-bond donors (Lipinski definition) is 2. The van der Waals surface area contributed by atoms with Crippen molar-refractivity contribution in [1.29, 1.82) is 0 Å². The predicted molar refractivity (Wildman–Crippen MR) is 108 cm³/mol. The SMILES string of the molecule is O=C(N/N=C\[C@@H]1C(=O)NC(=S)N(c2ccc(Br)cc2)C1=O)c1ccccc1. The summed E-state index contributed by atoms with van der Waals surface area (Å²) in [7, 11) is 0. The smallest absolute Gasteiger partial charge is 0.271 e. The molecule has 0 saturated carbocycles. The van der Waals surface area contributed by atoms with Crippen LogP contribution in [-0.4, -0.2) is 29.0 Å². The van der Waals surface area contributed by atoms with Crippen molar-refractivity contribution in [2.45, 2.75) is 0 Å². The monoisotopic (exact) mass is 444 g/mol. The molecule has 2 aromatic carbocycles. The fourth-order valence-corrected chi connectivity index (χ4v) is 2.94. The Morgan fingerprint density at radius 3 is 2.48 bits per heavy atom. The highest BCUT2D eigenvalue weighted by Crippen LogP contribution is 2.22. The lowest BCUT2D eigenvalue weighted by atomic mass is 10.1. The summed E-state index contributed by atoms with van der Waals surface area (Å²) in [4.78, 5) is 38.1. The Morgan fingerprint density at radius 2 is 1.81 bits per heavy atom. The summed E-state index contributed by atoms with van der Waals surface area (Å²) >= 11 is 8.43. The number of hydrazone groups is 1. The first-order valence-corrected chi connectivity index (χ1v) is 9.00. The van der Waals surface area contributed by atoms with E-state index in [1.165, 1.54) is 4.90 Å². The summed E-state index contributed by atoms with van der Waals surface area (Å²) in [6.07, 6.45) is 1.09.